The highest BCUT2D eigenvalue weighted by atomic mass is 79.9. The van der Waals surface area contributed by atoms with Gasteiger partial charge in [-0.25, -0.2) is 0 Å². The molecular formula is C19H19BrN2O2S. The average Bonchev–Trinajstić information content (AvgIpc) is 2.57. The van der Waals surface area contributed by atoms with Gasteiger partial charge in [-0.05, 0) is 68.5 Å². The van der Waals surface area contributed by atoms with Crippen LogP contribution in [-0.4, -0.2) is 17.4 Å². The van der Waals surface area contributed by atoms with Gasteiger partial charge in [-0.2, -0.15) is 0 Å². The molecule has 2 atom stereocenters. The number of hydrogen-bond donors (Lipinski definition) is 1. The number of thiocarbonyl (C=S) groups is 1. The van der Waals surface area contributed by atoms with Crippen molar-refractivity contribution in [3.63, 3.8) is 0 Å². The molecule has 2 aromatic carbocycles. The maximum Gasteiger partial charge on any atom is 0.188 e. The molecule has 4 nitrogen and oxygen atoms in total. The molecular weight excluding hydrogens is 400 g/mol. The molecule has 1 saturated heterocycles. The zero-order chi connectivity index (χ0) is 17.6. The monoisotopic (exact) mass is 418 g/mol. The lowest BCUT2D eigenvalue weighted by atomic mass is 9.90. The van der Waals surface area contributed by atoms with Crippen LogP contribution < -0.4 is 19.7 Å². The van der Waals surface area contributed by atoms with Crippen molar-refractivity contribution in [3.8, 4) is 11.5 Å². The van der Waals surface area contributed by atoms with Crippen molar-refractivity contribution in [2.45, 2.75) is 32.0 Å². The first-order chi connectivity index (χ1) is 12.0. The molecule has 0 amide bonds. The Morgan fingerprint density at radius 1 is 1.32 bits per heavy atom. The Balaban J connectivity index is 1.71. The Kier molecular flexibility index (Phi) is 4.12. The zero-order valence-corrected chi connectivity index (χ0v) is 16.5. The fraction of sp³-hybridized carbons (Fsp3) is 0.316. The van der Waals surface area contributed by atoms with Crippen molar-refractivity contribution in [3.05, 3.63) is 52.5 Å². The van der Waals surface area contributed by atoms with Gasteiger partial charge >= 0.3 is 0 Å². The van der Waals surface area contributed by atoms with Gasteiger partial charge in [-0.15, -0.1) is 0 Å². The summed E-state index contributed by atoms with van der Waals surface area (Å²) < 4.78 is 13.0. The fourth-order valence-corrected chi connectivity index (χ4v) is 4.41. The second kappa shape index (κ2) is 6.18. The number of benzene rings is 2. The third-order valence-corrected chi connectivity index (χ3v) is 5.43. The highest BCUT2D eigenvalue weighted by Gasteiger charge is 2.48. The molecule has 2 bridgehead atoms. The Hall–Kier alpha value is -1.79. The average molecular weight is 419 g/mol. The van der Waals surface area contributed by atoms with Crippen molar-refractivity contribution in [1.82, 2.24) is 5.32 Å². The molecule has 0 saturated carbocycles. The van der Waals surface area contributed by atoms with E-state index in [9.17, 15) is 0 Å². The van der Waals surface area contributed by atoms with Crippen LogP contribution >= 0.6 is 28.1 Å². The summed E-state index contributed by atoms with van der Waals surface area (Å²) in [6.45, 7) is 4.72. The van der Waals surface area contributed by atoms with Crippen LogP contribution in [0.25, 0.3) is 0 Å². The van der Waals surface area contributed by atoms with E-state index in [1.165, 1.54) is 0 Å². The molecule has 1 N–H and O–H groups in total. The third-order valence-electron chi connectivity index (χ3n) is 4.64. The van der Waals surface area contributed by atoms with E-state index >= 15 is 0 Å². The Labute approximate surface area is 161 Å². The maximum atomic E-state index is 6.41. The van der Waals surface area contributed by atoms with E-state index in [-0.39, 0.29) is 6.04 Å². The van der Waals surface area contributed by atoms with Gasteiger partial charge in [0.05, 0.1) is 12.6 Å². The lowest BCUT2D eigenvalue weighted by molar-refractivity contribution is 0.0497. The van der Waals surface area contributed by atoms with Crippen LogP contribution in [0.5, 0.6) is 11.5 Å². The number of nitrogens with zero attached hydrogens (tertiary/aromatic N) is 1. The Morgan fingerprint density at radius 2 is 2.08 bits per heavy atom. The summed E-state index contributed by atoms with van der Waals surface area (Å²) in [5.41, 5.74) is 1.60. The largest absolute Gasteiger partial charge is 0.494 e. The quantitative estimate of drug-likeness (QED) is 0.725. The minimum absolute atomic E-state index is 0.151. The molecule has 4 rings (SSSR count). The molecule has 0 spiro atoms. The second-order valence-electron chi connectivity index (χ2n) is 6.43. The maximum absolute atomic E-state index is 6.41. The molecule has 1 fully saturated rings. The molecule has 25 heavy (non-hydrogen) atoms. The van der Waals surface area contributed by atoms with Gasteiger partial charge in [0.2, 0.25) is 0 Å². The highest BCUT2D eigenvalue weighted by molar-refractivity contribution is 9.10. The smallest absolute Gasteiger partial charge is 0.188 e. The van der Waals surface area contributed by atoms with Crippen LogP contribution in [0.15, 0.2) is 46.9 Å². The van der Waals surface area contributed by atoms with Crippen LogP contribution in [0.2, 0.25) is 0 Å². The fourth-order valence-electron chi connectivity index (χ4n) is 3.59. The van der Waals surface area contributed by atoms with E-state index in [1.807, 2.05) is 43.3 Å². The number of halogens is 1. The molecule has 2 aliphatic heterocycles. The minimum atomic E-state index is -0.527. The van der Waals surface area contributed by atoms with Crippen LogP contribution in [0.4, 0.5) is 5.69 Å². The summed E-state index contributed by atoms with van der Waals surface area (Å²) in [4.78, 5) is 2.06. The molecule has 0 aromatic heterocycles. The summed E-state index contributed by atoms with van der Waals surface area (Å²) in [7, 11) is 0. The Morgan fingerprint density at radius 3 is 2.80 bits per heavy atom. The third kappa shape index (κ3) is 2.87. The van der Waals surface area contributed by atoms with Crippen molar-refractivity contribution in [2.24, 2.45) is 0 Å². The lowest BCUT2D eigenvalue weighted by Crippen LogP contribution is -2.65. The number of hydrogen-bond acceptors (Lipinski definition) is 3. The molecule has 6 heteroatoms. The minimum Gasteiger partial charge on any atom is -0.494 e. The number of nitrogens with one attached hydrogen (secondary N) is 1. The van der Waals surface area contributed by atoms with Crippen molar-refractivity contribution in [1.29, 1.82) is 0 Å². The van der Waals surface area contributed by atoms with Crippen LogP contribution in [0.3, 0.4) is 0 Å². The standard InChI is InChI=1S/C19H19BrN2O2S/c1-3-23-14-7-5-13(6-8-14)22-18(25)21-16-11-19(22,2)24-17-9-4-12(20)10-15(16)17/h4-10,16H,3,11H2,1-2H3,(H,21,25). The van der Waals surface area contributed by atoms with Crippen LogP contribution in [0.1, 0.15) is 31.9 Å². The zero-order valence-electron chi connectivity index (χ0n) is 14.1. The number of ether oxygens (including phenoxy) is 2. The van der Waals surface area contributed by atoms with Gasteiger partial charge in [-0.3, -0.25) is 4.90 Å². The van der Waals surface area contributed by atoms with Crippen LogP contribution in [0, 0.1) is 0 Å². The molecule has 0 aliphatic carbocycles. The van der Waals surface area contributed by atoms with Crippen molar-refractivity contribution < 1.29 is 9.47 Å². The number of fused-ring (bicyclic) bond motifs is 4. The van der Waals surface area contributed by atoms with E-state index in [4.69, 9.17) is 21.7 Å². The topological polar surface area (TPSA) is 33.7 Å². The van der Waals surface area contributed by atoms with E-state index in [0.717, 1.165) is 33.6 Å². The van der Waals surface area contributed by atoms with E-state index in [0.29, 0.717) is 11.7 Å². The van der Waals surface area contributed by atoms with Crippen molar-refractivity contribution in [2.75, 3.05) is 11.5 Å². The van der Waals surface area contributed by atoms with Crippen molar-refractivity contribution >= 4 is 38.9 Å². The number of anilines is 1. The summed E-state index contributed by atoms with van der Waals surface area (Å²) in [5.74, 6) is 1.75. The lowest BCUT2D eigenvalue weighted by Gasteiger charge is -2.52. The first kappa shape index (κ1) is 16.7. The van der Waals surface area contributed by atoms with Crippen LogP contribution in [-0.2, 0) is 0 Å². The first-order valence-electron chi connectivity index (χ1n) is 8.32. The first-order valence-corrected chi connectivity index (χ1v) is 9.52. The Bertz CT molecular complexity index is 827. The predicted molar refractivity (Wildman–Crippen MR) is 106 cm³/mol. The van der Waals surface area contributed by atoms with Gasteiger partial charge in [-0.1, -0.05) is 15.9 Å². The molecule has 130 valence electrons. The highest BCUT2D eigenvalue weighted by Crippen LogP contribution is 2.46. The van der Waals surface area contributed by atoms with Gasteiger partial charge in [0.1, 0.15) is 11.5 Å². The number of rotatable bonds is 3. The predicted octanol–water partition coefficient (Wildman–Crippen LogP) is 4.78. The summed E-state index contributed by atoms with van der Waals surface area (Å²) in [5, 5.41) is 4.14. The molecule has 2 heterocycles. The molecule has 2 unspecified atom stereocenters. The van der Waals surface area contributed by atoms with Gasteiger partial charge < -0.3 is 14.8 Å². The van der Waals surface area contributed by atoms with Gasteiger partial charge in [0.15, 0.2) is 10.8 Å². The summed E-state index contributed by atoms with van der Waals surface area (Å²) >= 11 is 9.21. The summed E-state index contributed by atoms with van der Waals surface area (Å²) in [6.07, 6.45) is 0.809. The molecule has 0 radical (unpaired) electrons. The SMILES string of the molecule is CCOc1ccc(N2C(=S)NC3CC2(C)Oc2ccc(Br)cc23)cc1. The summed E-state index contributed by atoms with van der Waals surface area (Å²) in [6, 6.07) is 14.2. The van der Waals surface area contributed by atoms with E-state index < -0.39 is 5.72 Å². The van der Waals surface area contributed by atoms with E-state index in [1.54, 1.807) is 0 Å². The van der Waals surface area contributed by atoms with Gasteiger partial charge in [0.25, 0.3) is 0 Å². The second-order valence-corrected chi connectivity index (χ2v) is 7.73. The normalized spacial score (nSPS) is 24.2. The molecule has 2 aromatic rings. The van der Waals surface area contributed by atoms with Gasteiger partial charge in [0, 0.05) is 22.1 Å². The van der Waals surface area contributed by atoms with E-state index in [2.05, 4.69) is 39.1 Å². The molecule has 2 aliphatic rings.